The van der Waals surface area contributed by atoms with Crippen LogP contribution in [0.2, 0.25) is 5.15 Å². The van der Waals surface area contributed by atoms with Gasteiger partial charge in [-0.2, -0.15) is 0 Å². The molecule has 0 aliphatic carbocycles. The minimum absolute atomic E-state index is 0.0198. The number of pyridine rings is 1. The first-order valence-electron chi connectivity index (χ1n) is 8.12. The van der Waals surface area contributed by atoms with Crippen molar-refractivity contribution in [3.8, 4) is 0 Å². The second-order valence-corrected chi connectivity index (χ2v) is 7.22. The second-order valence-electron chi connectivity index (χ2n) is 5.86. The SMILES string of the molecule is O=C(c1cccnc1Cl)N(CC1CCCO1)c1nc2ccccc2s1. The number of rotatable bonds is 4. The Labute approximate surface area is 154 Å². The zero-order chi connectivity index (χ0) is 17.2. The van der Waals surface area contributed by atoms with Gasteiger partial charge in [-0.25, -0.2) is 9.97 Å². The Kier molecular flexibility index (Phi) is 4.65. The highest BCUT2D eigenvalue weighted by atomic mass is 35.5. The maximum absolute atomic E-state index is 13.1. The first kappa shape index (κ1) is 16.4. The number of para-hydroxylation sites is 1. The number of halogens is 1. The molecular weight excluding hydrogens is 358 g/mol. The zero-order valence-electron chi connectivity index (χ0n) is 13.4. The van der Waals surface area contributed by atoms with Crippen molar-refractivity contribution in [1.29, 1.82) is 0 Å². The molecule has 1 amide bonds. The van der Waals surface area contributed by atoms with Crippen molar-refractivity contribution in [2.45, 2.75) is 18.9 Å². The second kappa shape index (κ2) is 7.07. The highest BCUT2D eigenvalue weighted by Gasteiger charge is 2.28. The van der Waals surface area contributed by atoms with Crippen LogP contribution in [0.5, 0.6) is 0 Å². The summed E-state index contributed by atoms with van der Waals surface area (Å²) in [5.74, 6) is -0.201. The molecule has 4 rings (SSSR count). The van der Waals surface area contributed by atoms with Crippen LogP contribution >= 0.6 is 22.9 Å². The number of benzene rings is 1. The van der Waals surface area contributed by atoms with E-state index < -0.39 is 0 Å². The fourth-order valence-electron chi connectivity index (χ4n) is 2.91. The van der Waals surface area contributed by atoms with Crippen LogP contribution in [0.15, 0.2) is 42.6 Å². The molecule has 0 bridgehead atoms. The normalized spacial score (nSPS) is 17.1. The van der Waals surface area contributed by atoms with Gasteiger partial charge in [0.1, 0.15) is 5.15 Å². The summed E-state index contributed by atoms with van der Waals surface area (Å²) < 4.78 is 6.77. The number of amides is 1. The van der Waals surface area contributed by atoms with Gasteiger partial charge < -0.3 is 4.74 Å². The minimum atomic E-state index is -0.201. The molecule has 1 aliphatic rings. The summed E-state index contributed by atoms with van der Waals surface area (Å²) in [6.45, 7) is 1.20. The number of thiazole rings is 1. The Morgan fingerprint density at radius 3 is 2.96 bits per heavy atom. The predicted molar refractivity (Wildman–Crippen MR) is 99.5 cm³/mol. The summed E-state index contributed by atoms with van der Waals surface area (Å²) in [5, 5.41) is 0.854. The maximum atomic E-state index is 13.1. The van der Waals surface area contributed by atoms with Gasteiger partial charge in [0.15, 0.2) is 5.13 Å². The van der Waals surface area contributed by atoms with Crippen LogP contribution < -0.4 is 4.90 Å². The number of fused-ring (bicyclic) bond motifs is 1. The Hall–Kier alpha value is -2.02. The number of ether oxygens (including phenoxy) is 1. The van der Waals surface area contributed by atoms with Crippen LogP contribution in [0.4, 0.5) is 5.13 Å². The van der Waals surface area contributed by atoms with E-state index in [0.717, 1.165) is 29.7 Å². The van der Waals surface area contributed by atoms with Gasteiger partial charge in [-0.1, -0.05) is 35.1 Å². The van der Waals surface area contributed by atoms with Crippen molar-refractivity contribution in [3.63, 3.8) is 0 Å². The Morgan fingerprint density at radius 2 is 2.20 bits per heavy atom. The minimum Gasteiger partial charge on any atom is -0.376 e. The van der Waals surface area contributed by atoms with Crippen molar-refractivity contribution in [2.75, 3.05) is 18.1 Å². The topological polar surface area (TPSA) is 55.3 Å². The lowest BCUT2D eigenvalue weighted by atomic mass is 10.2. The molecular formula is C18H16ClN3O2S. The van der Waals surface area contributed by atoms with Gasteiger partial charge >= 0.3 is 0 Å². The van der Waals surface area contributed by atoms with Crippen LogP contribution in [-0.2, 0) is 4.74 Å². The molecule has 1 aliphatic heterocycles. The van der Waals surface area contributed by atoms with E-state index >= 15 is 0 Å². The zero-order valence-corrected chi connectivity index (χ0v) is 15.0. The average Bonchev–Trinajstić information content (AvgIpc) is 3.28. The molecule has 0 saturated carbocycles. The summed E-state index contributed by atoms with van der Waals surface area (Å²) >= 11 is 7.63. The summed E-state index contributed by atoms with van der Waals surface area (Å²) in [6.07, 6.45) is 3.54. The number of carbonyl (C=O) groups excluding carboxylic acids is 1. The molecule has 1 unspecified atom stereocenters. The van der Waals surface area contributed by atoms with Crippen LogP contribution in [0.1, 0.15) is 23.2 Å². The highest BCUT2D eigenvalue weighted by Crippen LogP contribution is 2.31. The number of hydrogen-bond donors (Lipinski definition) is 0. The lowest BCUT2D eigenvalue weighted by Crippen LogP contribution is -2.37. The van der Waals surface area contributed by atoms with Crippen molar-refractivity contribution in [3.05, 3.63) is 53.3 Å². The van der Waals surface area contributed by atoms with E-state index in [0.29, 0.717) is 17.2 Å². The third kappa shape index (κ3) is 3.38. The van der Waals surface area contributed by atoms with Crippen LogP contribution in [0.25, 0.3) is 10.2 Å². The summed E-state index contributed by atoms with van der Waals surface area (Å²) in [7, 11) is 0. The molecule has 0 N–H and O–H groups in total. The molecule has 0 spiro atoms. The number of nitrogens with zero attached hydrogens (tertiary/aromatic N) is 3. The van der Waals surface area contributed by atoms with E-state index in [9.17, 15) is 4.79 Å². The van der Waals surface area contributed by atoms with Gasteiger partial charge in [0.2, 0.25) is 0 Å². The highest BCUT2D eigenvalue weighted by molar-refractivity contribution is 7.22. The smallest absolute Gasteiger partial charge is 0.263 e. The number of anilines is 1. The fraction of sp³-hybridized carbons (Fsp3) is 0.278. The van der Waals surface area contributed by atoms with Crippen LogP contribution in [0, 0.1) is 0 Å². The number of aromatic nitrogens is 2. The van der Waals surface area contributed by atoms with Crippen molar-refractivity contribution in [2.24, 2.45) is 0 Å². The van der Waals surface area contributed by atoms with Crippen LogP contribution in [-0.4, -0.2) is 35.1 Å². The molecule has 1 fully saturated rings. The molecule has 1 aromatic carbocycles. The van der Waals surface area contributed by atoms with E-state index in [4.69, 9.17) is 16.3 Å². The van der Waals surface area contributed by atoms with Gasteiger partial charge in [-0.3, -0.25) is 9.69 Å². The van der Waals surface area contributed by atoms with Gasteiger partial charge in [0, 0.05) is 12.8 Å². The molecule has 2 aromatic heterocycles. The third-order valence-electron chi connectivity index (χ3n) is 4.16. The molecule has 5 nitrogen and oxygen atoms in total. The van der Waals surface area contributed by atoms with E-state index in [1.54, 1.807) is 23.2 Å². The van der Waals surface area contributed by atoms with Gasteiger partial charge in [0.25, 0.3) is 5.91 Å². The van der Waals surface area contributed by atoms with Crippen molar-refractivity contribution < 1.29 is 9.53 Å². The van der Waals surface area contributed by atoms with E-state index in [1.165, 1.54) is 11.3 Å². The first-order valence-corrected chi connectivity index (χ1v) is 9.31. The molecule has 3 aromatic rings. The average molecular weight is 374 g/mol. The molecule has 3 heterocycles. The fourth-order valence-corrected chi connectivity index (χ4v) is 4.08. The summed E-state index contributed by atoms with van der Waals surface area (Å²) in [4.78, 5) is 23.5. The molecule has 1 atom stereocenters. The maximum Gasteiger partial charge on any atom is 0.263 e. The van der Waals surface area contributed by atoms with Crippen molar-refractivity contribution in [1.82, 2.24) is 9.97 Å². The molecule has 128 valence electrons. The quantitative estimate of drug-likeness (QED) is 0.644. The Morgan fingerprint density at radius 1 is 1.32 bits per heavy atom. The van der Waals surface area contributed by atoms with E-state index in [-0.39, 0.29) is 17.2 Å². The first-order chi connectivity index (χ1) is 12.2. The van der Waals surface area contributed by atoms with Gasteiger partial charge in [0.05, 0.1) is 28.4 Å². The Balaban J connectivity index is 1.72. The monoisotopic (exact) mass is 373 g/mol. The van der Waals surface area contributed by atoms with Gasteiger partial charge in [-0.15, -0.1) is 0 Å². The molecule has 0 radical (unpaired) electrons. The van der Waals surface area contributed by atoms with Crippen LogP contribution in [0.3, 0.4) is 0 Å². The summed E-state index contributed by atoms with van der Waals surface area (Å²) in [6, 6.07) is 11.3. The van der Waals surface area contributed by atoms with Gasteiger partial charge in [-0.05, 0) is 37.1 Å². The Bertz CT molecular complexity index is 875. The lowest BCUT2D eigenvalue weighted by Gasteiger charge is -2.23. The predicted octanol–water partition coefficient (Wildman–Crippen LogP) is 4.17. The standard InChI is InChI=1S/C18H16ClN3O2S/c19-16-13(6-3-9-20-16)17(23)22(11-12-5-4-10-24-12)18-21-14-7-1-2-8-15(14)25-18/h1-3,6-9,12H,4-5,10-11H2. The van der Waals surface area contributed by atoms with Crippen molar-refractivity contribution >= 4 is 44.2 Å². The molecule has 1 saturated heterocycles. The number of hydrogen-bond acceptors (Lipinski definition) is 5. The summed E-state index contributed by atoms with van der Waals surface area (Å²) in [5.41, 5.74) is 1.26. The largest absolute Gasteiger partial charge is 0.376 e. The van der Waals surface area contributed by atoms with E-state index in [2.05, 4.69) is 9.97 Å². The third-order valence-corrected chi connectivity index (χ3v) is 5.52. The van der Waals surface area contributed by atoms with E-state index in [1.807, 2.05) is 24.3 Å². The molecule has 25 heavy (non-hydrogen) atoms. The molecule has 7 heteroatoms. The lowest BCUT2D eigenvalue weighted by molar-refractivity contribution is 0.0917. The number of carbonyl (C=O) groups is 1.